The van der Waals surface area contributed by atoms with Crippen molar-refractivity contribution < 1.29 is 4.43 Å². The predicted molar refractivity (Wildman–Crippen MR) is 98.3 cm³/mol. The molecule has 0 N–H and O–H groups in total. The Morgan fingerprint density at radius 2 is 1.70 bits per heavy atom. The highest BCUT2D eigenvalue weighted by Crippen LogP contribution is 2.37. The van der Waals surface area contributed by atoms with Gasteiger partial charge in [-0.2, -0.15) is 0 Å². The van der Waals surface area contributed by atoms with E-state index in [0.29, 0.717) is 5.92 Å². The quantitative estimate of drug-likeness (QED) is 0.402. The number of hydrogen-bond donors (Lipinski definition) is 0. The normalized spacial score (nSPS) is 14.3. The summed E-state index contributed by atoms with van der Waals surface area (Å²) in [5, 5.41) is 1.26. The molecule has 0 aliphatic carbocycles. The first-order chi connectivity index (χ1) is 9.15. The summed E-state index contributed by atoms with van der Waals surface area (Å²) in [4.78, 5) is 0. The maximum atomic E-state index is 6.34. The summed E-state index contributed by atoms with van der Waals surface area (Å²) in [6, 6.07) is 8.59. The van der Waals surface area contributed by atoms with Crippen LogP contribution in [0.1, 0.15) is 26.3 Å². The molecule has 1 unspecified atom stereocenters. The second-order valence-electron chi connectivity index (χ2n) is 6.92. The summed E-state index contributed by atoms with van der Waals surface area (Å²) in [5.74, 6) is 0.533. The van der Waals surface area contributed by atoms with Crippen molar-refractivity contribution in [2.75, 3.05) is 11.9 Å². The van der Waals surface area contributed by atoms with Gasteiger partial charge >= 0.3 is 0 Å². The van der Waals surface area contributed by atoms with Crippen molar-refractivity contribution >= 4 is 40.2 Å². The zero-order valence-electron chi connectivity index (χ0n) is 13.2. The molecular formula is C16H26Br2OSi. The highest BCUT2D eigenvalue weighted by Gasteiger charge is 2.37. The Hall–Kier alpha value is 0.357. The van der Waals surface area contributed by atoms with E-state index >= 15 is 0 Å². The van der Waals surface area contributed by atoms with Crippen LogP contribution in [0.15, 0.2) is 28.7 Å². The molecule has 0 spiro atoms. The fourth-order valence-electron chi connectivity index (χ4n) is 1.65. The summed E-state index contributed by atoms with van der Waals surface area (Å²) >= 11 is 7.11. The molecule has 0 aromatic heterocycles. The van der Waals surface area contributed by atoms with Gasteiger partial charge in [0.25, 0.3) is 0 Å². The number of rotatable bonds is 6. The molecule has 1 aromatic carbocycles. The topological polar surface area (TPSA) is 9.23 Å². The van der Waals surface area contributed by atoms with Crippen molar-refractivity contribution in [2.45, 2.75) is 45.3 Å². The minimum Gasteiger partial charge on any atom is -0.417 e. The summed E-state index contributed by atoms with van der Waals surface area (Å²) in [6.07, 6.45) is 1.06. The lowest BCUT2D eigenvalue weighted by atomic mass is 10.0. The lowest BCUT2D eigenvalue weighted by Crippen LogP contribution is -2.42. The molecule has 0 bridgehead atoms. The van der Waals surface area contributed by atoms with Gasteiger partial charge in [0.05, 0.1) is 0 Å². The Balaban J connectivity index is 2.58. The standard InChI is InChI=1S/C16H26Br2OSi/c1-16(2,3)20(4,5)19-12-14(11-17)10-13-6-8-15(18)9-7-13/h6-9,14H,10-12H2,1-5H3. The van der Waals surface area contributed by atoms with Crippen LogP contribution < -0.4 is 0 Å². The van der Waals surface area contributed by atoms with Crippen molar-refractivity contribution in [3.8, 4) is 0 Å². The molecular weight excluding hydrogens is 396 g/mol. The van der Waals surface area contributed by atoms with Crippen LogP contribution in [-0.4, -0.2) is 20.3 Å². The van der Waals surface area contributed by atoms with Gasteiger partial charge in [-0.05, 0) is 48.2 Å². The van der Waals surface area contributed by atoms with E-state index in [1.54, 1.807) is 0 Å². The molecule has 20 heavy (non-hydrogen) atoms. The SMILES string of the molecule is CC(C)(C)[Si](C)(C)OCC(CBr)Cc1ccc(Br)cc1. The highest BCUT2D eigenvalue weighted by atomic mass is 79.9. The first-order valence-corrected chi connectivity index (χ1v) is 11.9. The Kier molecular flexibility index (Phi) is 6.97. The maximum absolute atomic E-state index is 6.34. The predicted octanol–water partition coefficient (Wildman–Crippen LogP) is 6.02. The van der Waals surface area contributed by atoms with E-state index in [2.05, 4.69) is 90.0 Å². The van der Waals surface area contributed by atoms with E-state index in [9.17, 15) is 0 Å². The van der Waals surface area contributed by atoms with E-state index in [1.807, 2.05) is 0 Å². The monoisotopic (exact) mass is 420 g/mol. The zero-order chi connectivity index (χ0) is 15.4. The smallest absolute Gasteiger partial charge is 0.191 e. The van der Waals surface area contributed by atoms with Crippen molar-refractivity contribution in [3.63, 3.8) is 0 Å². The van der Waals surface area contributed by atoms with Gasteiger partial charge in [-0.15, -0.1) is 0 Å². The Morgan fingerprint density at radius 1 is 1.15 bits per heavy atom. The van der Waals surface area contributed by atoms with Gasteiger partial charge in [0, 0.05) is 16.4 Å². The molecule has 1 nitrogen and oxygen atoms in total. The van der Waals surface area contributed by atoms with Crippen molar-refractivity contribution in [1.29, 1.82) is 0 Å². The van der Waals surface area contributed by atoms with Gasteiger partial charge in [-0.3, -0.25) is 0 Å². The molecule has 0 saturated heterocycles. The second-order valence-corrected chi connectivity index (χ2v) is 13.3. The third kappa shape index (κ3) is 5.62. The van der Waals surface area contributed by atoms with Gasteiger partial charge in [0.1, 0.15) is 0 Å². The molecule has 0 aliphatic rings. The van der Waals surface area contributed by atoms with Crippen molar-refractivity contribution in [1.82, 2.24) is 0 Å². The molecule has 1 aromatic rings. The third-order valence-electron chi connectivity index (χ3n) is 4.14. The summed E-state index contributed by atoms with van der Waals surface area (Å²) in [6.45, 7) is 12.3. The number of hydrogen-bond acceptors (Lipinski definition) is 1. The van der Waals surface area contributed by atoms with Crippen LogP contribution in [0.2, 0.25) is 18.1 Å². The number of benzene rings is 1. The Morgan fingerprint density at radius 3 is 2.15 bits per heavy atom. The second kappa shape index (κ2) is 7.57. The van der Waals surface area contributed by atoms with Crippen LogP contribution in [-0.2, 0) is 10.8 Å². The van der Waals surface area contributed by atoms with Gasteiger partial charge in [0.2, 0.25) is 0 Å². The molecule has 1 atom stereocenters. The lowest BCUT2D eigenvalue weighted by Gasteiger charge is -2.37. The van der Waals surface area contributed by atoms with Crippen molar-refractivity contribution in [2.24, 2.45) is 5.92 Å². The third-order valence-corrected chi connectivity index (χ3v) is 10.1. The minimum absolute atomic E-state index is 0.279. The number of alkyl halides is 1. The van der Waals surface area contributed by atoms with E-state index in [0.717, 1.165) is 22.8 Å². The van der Waals surface area contributed by atoms with Gasteiger partial charge in [-0.25, -0.2) is 0 Å². The molecule has 0 saturated carbocycles. The fourth-order valence-corrected chi connectivity index (χ4v) is 3.42. The van der Waals surface area contributed by atoms with Gasteiger partial charge < -0.3 is 4.43 Å². The summed E-state index contributed by atoms with van der Waals surface area (Å²) in [5.41, 5.74) is 1.37. The van der Waals surface area contributed by atoms with Crippen LogP contribution in [0.3, 0.4) is 0 Å². The molecule has 0 aliphatic heterocycles. The summed E-state index contributed by atoms with van der Waals surface area (Å²) < 4.78 is 7.48. The average molecular weight is 422 g/mol. The van der Waals surface area contributed by atoms with Crippen LogP contribution in [0.25, 0.3) is 0 Å². The fraction of sp³-hybridized carbons (Fsp3) is 0.625. The largest absolute Gasteiger partial charge is 0.417 e. The molecule has 0 amide bonds. The molecule has 0 heterocycles. The van der Waals surface area contributed by atoms with E-state index in [4.69, 9.17) is 4.43 Å². The van der Waals surface area contributed by atoms with Crippen molar-refractivity contribution in [3.05, 3.63) is 34.3 Å². The first-order valence-electron chi connectivity index (χ1n) is 7.10. The van der Waals surface area contributed by atoms with E-state index in [-0.39, 0.29) is 5.04 Å². The molecule has 0 radical (unpaired) electrons. The van der Waals surface area contributed by atoms with Crippen LogP contribution in [0, 0.1) is 5.92 Å². The van der Waals surface area contributed by atoms with Crippen LogP contribution in [0.5, 0.6) is 0 Å². The Bertz CT molecular complexity index is 409. The van der Waals surface area contributed by atoms with E-state index in [1.165, 1.54) is 5.56 Å². The highest BCUT2D eigenvalue weighted by molar-refractivity contribution is 9.10. The van der Waals surface area contributed by atoms with Gasteiger partial charge in [-0.1, -0.05) is 64.8 Å². The lowest BCUT2D eigenvalue weighted by molar-refractivity contribution is 0.240. The molecule has 0 fully saturated rings. The molecule has 114 valence electrons. The average Bonchev–Trinajstić information content (AvgIpc) is 2.35. The van der Waals surface area contributed by atoms with Crippen LogP contribution in [0.4, 0.5) is 0 Å². The van der Waals surface area contributed by atoms with Gasteiger partial charge in [0.15, 0.2) is 8.32 Å². The minimum atomic E-state index is -1.64. The molecule has 1 rings (SSSR count). The first kappa shape index (κ1) is 18.4. The van der Waals surface area contributed by atoms with E-state index < -0.39 is 8.32 Å². The zero-order valence-corrected chi connectivity index (χ0v) is 17.3. The Labute approximate surface area is 141 Å². The van der Waals surface area contributed by atoms with Crippen LogP contribution >= 0.6 is 31.9 Å². The maximum Gasteiger partial charge on any atom is 0.191 e. The summed E-state index contributed by atoms with van der Waals surface area (Å²) in [7, 11) is -1.64. The molecule has 4 heteroatoms. The number of halogens is 2.